The third kappa shape index (κ3) is 5.32. The fourth-order valence-electron chi connectivity index (χ4n) is 3.77. The van der Waals surface area contributed by atoms with Gasteiger partial charge in [0.2, 0.25) is 5.91 Å². The van der Waals surface area contributed by atoms with Crippen LogP contribution in [0.25, 0.3) is 0 Å². The molecule has 1 unspecified atom stereocenters. The number of benzene rings is 1. The van der Waals surface area contributed by atoms with Crippen LogP contribution in [-0.2, 0) is 11.3 Å². The summed E-state index contributed by atoms with van der Waals surface area (Å²) in [4.78, 5) is 17.1. The average Bonchev–Trinajstić information content (AvgIpc) is 2.54. The van der Waals surface area contributed by atoms with E-state index < -0.39 is 0 Å². The second-order valence-corrected chi connectivity index (χ2v) is 7.50. The molecule has 1 aromatic carbocycles. The number of likely N-dealkylation sites (tertiary alicyclic amines) is 1. The molecule has 0 bridgehead atoms. The van der Waals surface area contributed by atoms with Crippen LogP contribution >= 0.6 is 0 Å². The van der Waals surface area contributed by atoms with Gasteiger partial charge < -0.3 is 5.32 Å². The van der Waals surface area contributed by atoms with Crippen LogP contribution in [0.3, 0.4) is 0 Å². The maximum atomic E-state index is 12.6. The molecule has 1 heterocycles. The van der Waals surface area contributed by atoms with Gasteiger partial charge in [-0.15, -0.1) is 0 Å². The monoisotopic (exact) mass is 331 g/mol. The van der Waals surface area contributed by atoms with Crippen molar-refractivity contribution < 1.29 is 4.79 Å². The zero-order valence-electron chi connectivity index (χ0n) is 15.7. The van der Waals surface area contributed by atoms with E-state index in [1.165, 1.54) is 24.8 Å². The first-order chi connectivity index (χ1) is 11.5. The summed E-state index contributed by atoms with van der Waals surface area (Å²) in [6.45, 7) is 7.06. The average molecular weight is 332 g/mol. The molecule has 0 spiro atoms. The third-order valence-corrected chi connectivity index (χ3v) is 4.95. The molecule has 0 saturated carbocycles. The summed E-state index contributed by atoms with van der Waals surface area (Å²) in [6, 6.07) is 11.0. The summed E-state index contributed by atoms with van der Waals surface area (Å²) < 4.78 is 0. The molecule has 2 atom stereocenters. The third-order valence-electron chi connectivity index (χ3n) is 4.95. The molecule has 1 saturated heterocycles. The van der Waals surface area contributed by atoms with E-state index in [-0.39, 0.29) is 11.9 Å². The molecule has 1 N–H and O–H groups in total. The van der Waals surface area contributed by atoms with Crippen molar-refractivity contribution in [3.05, 3.63) is 35.9 Å². The van der Waals surface area contributed by atoms with Crippen molar-refractivity contribution in [2.45, 2.75) is 51.7 Å². The highest BCUT2D eigenvalue weighted by Crippen LogP contribution is 2.19. The van der Waals surface area contributed by atoms with Crippen LogP contribution < -0.4 is 5.32 Å². The Kier molecular flexibility index (Phi) is 7.25. The summed E-state index contributed by atoms with van der Waals surface area (Å²) in [6.07, 6.45) is 3.68. The lowest BCUT2D eigenvalue weighted by atomic mass is 9.99. The maximum absolute atomic E-state index is 12.6. The summed E-state index contributed by atoms with van der Waals surface area (Å²) in [7, 11) is 3.96. The number of likely N-dealkylation sites (N-methyl/N-ethyl adjacent to an activating group) is 1. The number of hydrogen-bond donors (Lipinski definition) is 1. The fourth-order valence-corrected chi connectivity index (χ4v) is 3.77. The second-order valence-electron chi connectivity index (χ2n) is 7.50. The smallest absolute Gasteiger partial charge is 0.237 e. The zero-order valence-corrected chi connectivity index (χ0v) is 15.7. The van der Waals surface area contributed by atoms with Crippen LogP contribution in [0.1, 0.15) is 38.7 Å². The van der Waals surface area contributed by atoms with E-state index >= 15 is 0 Å². The summed E-state index contributed by atoms with van der Waals surface area (Å²) in [5.41, 5.74) is 1.35. The van der Waals surface area contributed by atoms with Gasteiger partial charge in [0.1, 0.15) is 0 Å². The number of rotatable bonds is 7. The Balaban J connectivity index is 1.92. The summed E-state index contributed by atoms with van der Waals surface area (Å²) in [5, 5.41) is 3.21. The molecule has 1 fully saturated rings. The highest BCUT2D eigenvalue weighted by atomic mass is 16.2. The molecule has 1 amide bonds. The molecular weight excluding hydrogens is 298 g/mol. The number of amides is 1. The van der Waals surface area contributed by atoms with Crippen LogP contribution in [0.2, 0.25) is 0 Å². The van der Waals surface area contributed by atoms with Crippen LogP contribution in [0, 0.1) is 5.92 Å². The lowest BCUT2D eigenvalue weighted by Crippen LogP contribution is -2.51. The highest BCUT2D eigenvalue weighted by molar-refractivity contribution is 5.82. The number of piperidine rings is 1. The quantitative estimate of drug-likeness (QED) is 0.834. The van der Waals surface area contributed by atoms with Gasteiger partial charge in [0.25, 0.3) is 0 Å². The van der Waals surface area contributed by atoms with Gasteiger partial charge in [-0.1, -0.05) is 50.6 Å². The Bertz CT molecular complexity index is 493. The minimum atomic E-state index is -0.0591. The molecule has 1 aliphatic heterocycles. The van der Waals surface area contributed by atoms with Gasteiger partial charge in [-0.3, -0.25) is 14.6 Å². The van der Waals surface area contributed by atoms with E-state index in [4.69, 9.17) is 0 Å². The highest BCUT2D eigenvalue weighted by Gasteiger charge is 2.27. The van der Waals surface area contributed by atoms with Crippen LogP contribution in [0.5, 0.6) is 0 Å². The van der Waals surface area contributed by atoms with Crippen molar-refractivity contribution in [1.82, 2.24) is 15.1 Å². The normalized spacial score (nSPS) is 20.3. The number of nitrogens with one attached hydrogen (secondary N) is 1. The van der Waals surface area contributed by atoms with E-state index in [1.807, 2.05) is 19.0 Å². The molecule has 1 aromatic rings. The Morgan fingerprint density at radius 3 is 2.58 bits per heavy atom. The van der Waals surface area contributed by atoms with E-state index in [2.05, 4.69) is 54.4 Å². The van der Waals surface area contributed by atoms with Crippen molar-refractivity contribution in [1.29, 1.82) is 0 Å². The molecule has 2 rings (SSSR count). The topological polar surface area (TPSA) is 35.6 Å². The molecule has 1 aliphatic rings. The van der Waals surface area contributed by atoms with Crippen molar-refractivity contribution in [2.75, 3.05) is 27.2 Å². The van der Waals surface area contributed by atoms with Crippen molar-refractivity contribution in [3.8, 4) is 0 Å². The van der Waals surface area contributed by atoms with Crippen LogP contribution in [-0.4, -0.2) is 55.0 Å². The Morgan fingerprint density at radius 2 is 1.96 bits per heavy atom. The SMILES string of the molecule is CC(C)[C@@H](C(=O)NCC1CCCCN1Cc1ccccc1)N(C)C. The molecule has 4 nitrogen and oxygen atoms in total. The Morgan fingerprint density at radius 1 is 1.25 bits per heavy atom. The Labute approximate surface area is 147 Å². The first-order valence-corrected chi connectivity index (χ1v) is 9.21. The van der Waals surface area contributed by atoms with Gasteiger partial charge in [-0.05, 0) is 45.0 Å². The van der Waals surface area contributed by atoms with Gasteiger partial charge in [0.15, 0.2) is 0 Å². The van der Waals surface area contributed by atoms with Crippen molar-refractivity contribution in [2.24, 2.45) is 5.92 Å². The van der Waals surface area contributed by atoms with E-state index in [0.717, 1.165) is 19.6 Å². The molecule has 0 aromatic heterocycles. The largest absolute Gasteiger partial charge is 0.353 e. The summed E-state index contributed by atoms with van der Waals surface area (Å²) in [5.74, 6) is 0.465. The van der Waals surface area contributed by atoms with Gasteiger partial charge in [-0.25, -0.2) is 0 Å². The van der Waals surface area contributed by atoms with Crippen molar-refractivity contribution in [3.63, 3.8) is 0 Å². The number of carbonyl (C=O) groups excluding carboxylic acids is 1. The van der Waals surface area contributed by atoms with Crippen LogP contribution in [0.15, 0.2) is 30.3 Å². The Hall–Kier alpha value is -1.39. The van der Waals surface area contributed by atoms with Gasteiger partial charge in [0.05, 0.1) is 6.04 Å². The van der Waals surface area contributed by atoms with E-state index in [0.29, 0.717) is 12.0 Å². The minimum Gasteiger partial charge on any atom is -0.353 e. The fraction of sp³-hybridized carbons (Fsp3) is 0.650. The summed E-state index contributed by atoms with van der Waals surface area (Å²) >= 11 is 0. The number of hydrogen-bond acceptors (Lipinski definition) is 3. The molecule has 4 heteroatoms. The minimum absolute atomic E-state index is 0.0591. The molecular formula is C20H33N3O. The van der Waals surface area contributed by atoms with Crippen molar-refractivity contribution >= 4 is 5.91 Å². The van der Waals surface area contributed by atoms with Gasteiger partial charge in [-0.2, -0.15) is 0 Å². The standard InChI is InChI=1S/C20H33N3O/c1-16(2)19(22(3)4)20(24)21-14-18-12-8-9-13-23(18)15-17-10-6-5-7-11-17/h5-7,10-11,16,18-19H,8-9,12-15H2,1-4H3,(H,21,24)/t18?,19-/m0/s1. The lowest BCUT2D eigenvalue weighted by Gasteiger charge is -2.36. The van der Waals surface area contributed by atoms with E-state index in [9.17, 15) is 4.79 Å². The first-order valence-electron chi connectivity index (χ1n) is 9.21. The van der Waals surface area contributed by atoms with Gasteiger partial charge in [0, 0.05) is 19.1 Å². The lowest BCUT2D eigenvalue weighted by molar-refractivity contribution is -0.127. The second kappa shape index (κ2) is 9.19. The van der Waals surface area contributed by atoms with Gasteiger partial charge >= 0.3 is 0 Å². The molecule has 0 radical (unpaired) electrons. The number of carbonyl (C=O) groups is 1. The molecule has 24 heavy (non-hydrogen) atoms. The molecule has 134 valence electrons. The first kappa shape index (κ1) is 18.9. The molecule has 0 aliphatic carbocycles. The predicted molar refractivity (Wildman–Crippen MR) is 99.8 cm³/mol. The predicted octanol–water partition coefficient (Wildman–Crippen LogP) is 2.74. The maximum Gasteiger partial charge on any atom is 0.237 e. The van der Waals surface area contributed by atoms with Crippen LogP contribution in [0.4, 0.5) is 0 Å². The zero-order chi connectivity index (χ0) is 17.5. The van der Waals surface area contributed by atoms with E-state index in [1.54, 1.807) is 0 Å². The number of nitrogens with zero attached hydrogens (tertiary/aromatic N) is 2.